The van der Waals surface area contributed by atoms with E-state index in [9.17, 15) is 9.90 Å². The highest BCUT2D eigenvalue weighted by molar-refractivity contribution is 5.95. The summed E-state index contributed by atoms with van der Waals surface area (Å²) in [6.07, 6.45) is 3.86. The molecule has 21 heavy (non-hydrogen) atoms. The highest BCUT2D eigenvalue weighted by atomic mass is 16.3. The summed E-state index contributed by atoms with van der Waals surface area (Å²) < 4.78 is 0. The number of carbonyl (C=O) groups excluding carboxylic acids is 1. The van der Waals surface area contributed by atoms with Gasteiger partial charge in [0.1, 0.15) is 0 Å². The van der Waals surface area contributed by atoms with E-state index in [1.54, 1.807) is 0 Å². The predicted molar refractivity (Wildman–Crippen MR) is 81.9 cm³/mol. The Hall–Kier alpha value is -1.39. The summed E-state index contributed by atoms with van der Waals surface area (Å²) in [6, 6.07) is 5.89. The SMILES string of the molecule is CC1CCC(CO)(NC(=O)c2ccc3c(c2)CNC3)CC1. The van der Waals surface area contributed by atoms with Gasteiger partial charge in [-0.05, 0) is 54.9 Å². The minimum atomic E-state index is -0.430. The Kier molecular flexibility index (Phi) is 4.00. The van der Waals surface area contributed by atoms with Crippen molar-refractivity contribution in [1.29, 1.82) is 0 Å². The van der Waals surface area contributed by atoms with Gasteiger partial charge in [0, 0.05) is 18.7 Å². The number of aliphatic hydroxyl groups excluding tert-OH is 1. The largest absolute Gasteiger partial charge is 0.394 e. The number of fused-ring (bicyclic) bond motifs is 1. The van der Waals surface area contributed by atoms with Gasteiger partial charge in [-0.1, -0.05) is 13.0 Å². The molecule has 1 aliphatic carbocycles. The van der Waals surface area contributed by atoms with E-state index in [0.717, 1.165) is 38.8 Å². The van der Waals surface area contributed by atoms with Gasteiger partial charge in [0.05, 0.1) is 12.1 Å². The minimum absolute atomic E-state index is 0.0258. The van der Waals surface area contributed by atoms with Crippen LogP contribution < -0.4 is 10.6 Å². The number of benzene rings is 1. The molecule has 0 radical (unpaired) electrons. The van der Waals surface area contributed by atoms with Gasteiger partial charge in [-0.15, -0.1) is 0 Å². The van der Waals surface area contributed by atoms with Crippen molar-refractivity contribution < 1.29 is 9.90 Å². The van der Waals surface area contributed by atoms with Gasteiger partial charge in [0.25, 0.3) is 5.91 Å². The molecule has 3 N–H and O–H groups in total. The molecule has 0 aromatic heterocycles. The van der Waals surface area contributed by atoms with Crippen LogP contribution in [0, 0.1) is 5.92 Å². The fourth-order valence-corrected chi connectivity index (χ4v) is 3.39. The lowest BCUT2D eigenvalue weighted by atomic mass is 9.77. The van der Waals surface area contributed by atoms with Gasteiger partial charge in [-0.25, -0.2) is 0 Å². The summed E-state index contributed by atoms with van der Waals surface area (Å²) in [6.45, 7) is 3.98. The van der Waals surface area contributed by atoms with Gasteiger partial charge >= 0.3 is 0 Å². The van der Waals surface area contributed by atoms with Crippen LogP contribution in [0.25, 0.3) is 0 Å². The fourth-order valence-electron chi connectivity index (χ4n) is 3.39. The van der Waals surface area contributed by atoms with Crippen molar-refractivity contribution in [3.05, 3.63) is 34.9 Å². The maximum atomic E-state index is 12.5. The Morgan fingerprint density at radius 2 is 2.05 bits per heavy atom. The van der Waals surface area contributed by atoms with Crippen LogP contribution in [-0.4, -0.2) is 23.2 Å². The van der Waals surface area contributed by atoms with Gasteiger partial charge < -0.3 is 15.7 Å². The van der Waals surface area contributed by atoms with Crippen LogP contribution in [0.15, 0.2) is 18.2 Å². The highest BCUT2D eigenvalue weighted by Crippen LogP contribution is 2.32. The zero-order chi connectivity index (χ0) is 14.9. The second-order valence-electron chi connectivity index (χ2n) is 6.66. The molecule has 0 saturated heterocycles. The molecule has 0 atom stereocenters. The monoisotopic (exact) mass is 288 g/mol. The summed E-state index contributed by atoms with van der Waals surface area (Å²) in [5, 5.41) is 16.1. The summed E-state index contributed by atoms with van der Waals surface area (Å²) in [5.41, 5.74) is 2.75. The number of hydrogen-bond donors (Lipinski definition) is 3. The van der Waals surface area contributed by atoms with Crippen LogP contribution in [0.2, 0.25) is 0 Å². The Labute approximate surface area is 125 Å². The van der Waals surface area contributed by atoms with Crippen molar-refractivity contribution in [2.75, 3.05) is 6.61 Å². The van der Waals surface area contributed by atoms with Crippen molar-refractivity contribution >= 4 is 5.91 Å². The average Bonchev–Trinajstić information content (AvgIpc) is 2.97. The minimum Gasteiger partial charge on any atom is -0.394 e. The third kappa shape index (κ3) is 2.97. The summed E-state index contributed by atoms with van der Waals surface area (Å²) in [5.74, 6) is 0.626. The molecule has 1 saturated carbocycles. The molecular weight excluding hydrogens is 264 g/mol. The van der Waals surface area contributed by atoms with Crippen molar-refractivity contribution in [2.24, 2.45) is 5.92 Å². The van der Waals surface area contributed by atoms with Crippen LogP contribution >= 0.6 is 0 Å². The first-order valence-electron chi connectivity index (χ1n) is 7.88. The van der Waals surface area contributed by atoms with Crippen LogP contribution in [0.5, 0.6) is 0 Å². The van der Waals surface area contributed by atoms with Gasteiger partial charge in [-0.3, -0.25) is 4.79 Å². The van der Waals surface area contributed by atoms with Crippen molar-refractivity contribution in [2.45, 2.75) is 51.2 Å². The third-order valence-corrected chi connectivity index (χ3v) is 5.01. The van der Waals surface area contributed by atoms with E-state index >= 15 is 0 Å². The Balaban J connectivity index is 1.73. The van der Waals surface area contributed by atoms with Crippen LogP contribution in [-0.2, 0) is 13.1 Å². The first-order valence-corrected chi connectivity index (χ1v) is 7.88. The molecular formula is C17H24N2O2. The molecule has 1 aromatic rings. The summed E-state index contributed by atoms with van der Waals surface area (Å²) in [4.78, 5) is 12.5. The van der Waals surface area contributed by atoms with Crippen LogP contribution in [0.4, 0.5) is 0 Å². The molecule has 1 aromatic carbocycles. The smallest absolute Gasteiger partial charge is 0.251 e. The molecule has 4 heteroatoms. The van der Waals surface area contributed by atoms with Gasteiger partial charge in [-0.2, -0.15) is 0 Å². The Bertz CT molecular complexity index is 534. The van der Waals surface area contributed by atoms with E-state index in [0.29, 0.717) is 11.5 Å². The zero-order valence-electron chi connectivity index (χ0n) is 12.6. The molecule has 0 spiro atoms. The lowest BCUT2D eigenvalue weighted by molar-refractivity contribution is 0.0717. The molecule has 4 nitrogen and oxygen atoms in total. The first kappa shape index (κ1) is 14.5. The second kappa shape index (κ2) is 5.78. The van der Waals surface area contributed by atoms with E-state index in [4.69, 9.17) is 0 Å². The Morgan fingerprint density at radius 1 is 1.33 bits per heavy atom. The number of rotatable bonds is 3. The van der Waals surface area contributed by atoms with Crippen LogP contribution in [0.1, 0.15) is 54.1 Å². The topological polar surface area (TPSA) is 61.4 Å². The van der Waals surface area contributed by atoms with Crippen LogP contribution in [0.3, 0.4) is 0 Å². The maximum absolute atomic E-state index is 12.5. The van der Waals surface area contributed by atoms with Crippen molar-refractivity contribution in [1.82, 2.24) is 10.6 Å². The second-order valence-corrected chi connectivity index (χ2v) is 6.66. The first-order chi connectivity index (χ1) is 10.1. The average molecular weight is 288 g/mol. The molecule has 0 unspecified atom stereocenters. The Morgan fingerprint density at radius 3 is 2.76 bits per heavy atom. The molecule has 1 amide bonds. The van der Waals surface area contributed by atoms with E-state index in [-0.39, 0.29) is 12.5 Å². The summed E-state index contributed by atoms with van der Waals surface area (Å²) >= 11 is 0. The van der Waals surface area contributed by atoms with Crippen molar-refractivity contribution in [3.8, 4) is 0 Å². The summed E-state index contributed by atoms with van der Waals surface area (Å²) in [7, 11) is 0. The number of carbonyl (C=O) groups is 1. The molecule has 3 rings (SSSR count). The number of aliphatic hydroxyl groups is 1. The number of hydrogen-bond acceptors (Lipinski definition) is 3. The van der Waals surface area contributed by atoms with Crippen molar-refractivity contribution in [3.63, 3.8) is 0 Å². The molecule has 0 bridgehead atoms. The van der Waals surface area contributed by atoms with E-state index in [2.05, 4.69) is 17.6 Å². The molecule has 2 aliphatic rings. The quantitative estimate of drug-likeness (QED) is 0.797. The molecule has 1 heterocycles. The predicted octanol–water partition coefficient (Wildman–Crippen LogP) is 1.96. The van der Waals surface area contributed by atoms with E-state index in [1.165, 1.54) is 11.1 Å². The third-order valence-electron chi connectivity index (χ3n) is 5.01. The van der Waals surface area contributed by atoms with Gasteiger partial charge in [0.2, 0.25) is 0 Å². The number of amides is 1. The van der Waals surface area contributed by atoms with E-state index < -0.39 is 5.54 Å². The van der Waals surface area contributed by atoms with Gasteiger partial charge in [0.15, 0.2) is 0 Å². The normalized spacial score (nSPS) is 28.2. The van der Waals surface area contributed by atoms with E-state index in [1.807, 2.05) is 18.2 Å². The zero-order valence-corrected chi connectivity index (χ0v) is 12.6. The lowest BCUT2D eigenvalue weighted by Crippen LogP contribution is -2.53. The molecule has 1 aliphatic heterocycles. The maximum Gasteiger partial charge on any atom is 0.251 e. The lowest BCUT2D eigenvalue weighted by Gasteiger charge is -2.38. The fraction of sp³-hybridized carbons (Fsp3) is 0.588. The standard InChI is InChI=1S/C17H24N2O2/c1-12-4-6-17(11-20,7-5-12)19-16(21)13-2-3-14-9-18-10-15(14)8-13/h2-3,8,12,18,20H,4-7,9-11H2,1H3,(H,19,21). The molecule has 114 valence electrons. The highest BCUT2D eigenvalue weighted by Gasteiger charge is 2.35. The number of nitrogens with one attached hydrogen (secondary N) is 2. The molecule has 1 fully saturated rings.